The quantitative estimate of drug-likeness (QED) is 0.325. The van der Waals surface area contributed by atoms with Crippen molar-refractivity contribution in [3.8, 4) is 0 Å². The zero-order valence-electron chi connectivity index (χ0n) is 14.6. The Labute approximate surface area is 154 Å². The van der Waals surface area contributed by atoms with Gasteiger partial charge in [0.05, 0.1) is 0 Å². The van der Waals surface area contributed by atoms with Crippen LogP contribution in [0, 0.1) is 0 Å². The molecule has 3 rings (SSSR count). The van der Waals surface area contributed by atoms with E-state index in [2.05, 4.69) is 6.58 Å². The average molecular weight is 342 g/mol. The number of hydrogen-bond donors (Lipinski definition) is 1. The van der Waals surface area contributed by atoms with Crippen LogP contribution in [0.2, 0.25) is 0 Å². The molecule has 0 saturated carbocycles. The first-order valence-electron chi connectivity index (χ1n) is 8.60. The molecule has 0 unspecified atom stereocenters. The van der Waals surface area contributed by atoms with Crippen molar-refractivity contribution in [1.29, 1.82) is 0 Å². The summed E-state index contributed by atoms with van der Waals surface area (Å²) < 4.78 is 6.34. The molecule has 0 amide bonds. The van der Waals surface area contributed by atoms with E-state index in [1.54, 1.807) is 6.08 Å². The van der Waals surface area contributed by atoms with E-state index in [-0.39, 0.29) is 5.76 Å². The normalized spacial score (nSPS) is 11.8. The number of aliphatic hydroxyl groups excluding tert-OH is 1. The van der Waals surface area contributed by atoms with Crippen LogP contribution in [0.1, 0.15) is 23.1 Å². The van der Waals surface area contributed by atoms with Gasteiger partial charge < -0.3 is 9.84 Å². The minimum atomic E-state index is -0.862. The van der Waals surface area contributed by atoms with Crippen LogP contribution in [0.3, 0.4) is 0 Å². The summed E-state index contributed by atoms with van der Waals surface area (Å²) in [6, 6.07) is 30.1. The molecule has 3 aromatic rings. The van der Waals surface area contributed by atoms with E-state index < -0.39 is 5.60 Å². The lowest BCUT2D eigenvalue weighted by Crippen LogP contribution is -2.31. The van der Waals surface area contributed by atoms with Crippen LogP contribution < -0.4 is 0 Å². The lowest BCUT2D eigenvalue weighted by Gasteiger charge is -2.35. The van der Waals surface area contributed by atoms with Gasteiger partial charge >= 0.3 is 0 Å². The zero-order chi connectivity index (χ0) is 18.2. The molecule has 0 saturated heterocycles. The molecule has 0 aliphatic carbocycles. The Morgan fingerprint density at radius 3 is 1.50 bits per heavy atom. The molecular formula is C24H22O2. The Hall–Kier alpha value is -3.26. The maximum absolute atomic E-state index is 10.1. The van der Waals surface area contributed by atoms with Crippen LogP contribution in [0.15, 0.2) is 116 Å². The van der Waals surface area contributed by atoms with Crippen LogP contribution in [0.5, 0.6) is 0 Å². The molecule has 2 heteroatoms. The van der Waals surface area contributed by atoms with Gasteiger partial charge in [-0.05, 0) is 0 Å². The third-order valence-electron chi connectivity index (χ3n) is 4.27. The van der Waals surface area contributed by atoms with Crippen molar-refractivity contribution in [2.45, 2.75) is 12.0 Å². The van der Waals surface area contributed by atoms with Gasteiger partial charge in [-0.2, -0.15) is 0 Å². The van der Waals surface area contributed by atoms with E-state index >= 15 is 0 Å². The first-order chi connectivity index (χ1) is 12.8. The number of ether oxygens (including phenoxy) is 1. The molecule has 0 atom stereocenters. The molecule has 0 radical (unpaired) electrons. The predicted octanol–water partition coefficient (Wildman–Crippen LogP) is 5.97. The highest BCUT2D eigenvalue weighted by atomic mass is 16.5. The molecule has 0 spiro atoms. The van der Waals surface area contributed by atoms with E-state index in [0.29, 0.717) is 6.42 Å². The fourth-order valence-electron chi connectivity index (χ4n) is 3.08. The number of benzene rings is 3. The van der Waals surface area contributed by atoms with E-state index in [1.165, 1.54) is 6.26 Å². The van der Waals surface area contributed by atoms with Crippen LogP contribution in [-0.2, 0) is 10.3 Å². The fourth-order valence-corrected chi connectivity index (χ4v) is 3.08. The number of aliphatic hydroxyl groups is 1. The lowest BCUT2D eigenvalue weighted by molar-refractivity contribution is 0.0892. The second-order valence-electron chi connectivity index (χ2n) is 6.00. The van der Waals surface area contributed by atoms with E-state index in [1.807, 2.05) is 91.0 Å². The largest absolute Gasteiger partial charge is 0.509 e. The van der Waals surface area contributed by atoms with Gasteiger partial charge in [-0.3, -0.25) is 0 Å². The summed E-state index contributed by atoms with van der Waals surface area (Å²) >= 11 is 0. The molecule has 26 heavy (non-hydrogen) atoms. The van der Waals surface area contributed by atoms with Crippen LogP contribution in [0.4, 0.5) is 0 Å². The summed E-state index contributed by atoms with van der Waals surface area (Å²) in [4.78, 5) is 0. The van der Waals surface area contributed by atoms with Crippen molar-refractivity contribution in [3.63, 3.8) is 0 Å². The van der Waals surface area contributed by atoms with Gasteiger partial charge in [-0.15, -0.1) is 6.58 Å². The van der Waals surface area contributed by atoms with Crippen LogP contribution >= 0.6 is 0 Å². The monoisotopic (exact) mass is 342 g/mol. The molecule has 0 aliphatic heterocycles. The summed E-state index contributed by atoms with van der Waals surface area (Å²) in [5, 5.41) is 10.1. The van der Waals surface area contributed by atoms with Gasteiger partial charge in [0, 0.05) is 23.1 Å². The topological polar surface area (TPSA) is 29.5 Å². The first-order valence-corrected chi connectivity index (χ1v) is 8.60. The van der Waals surface area contributed by atoms with Gasteiger partial charge in [0.1, 0.15) is 12.0 Å². The van der Waals surface area contributed by atoms with Gasteiger partial charge in [0.15, 0.2) is 5.60 Å². The maximum atomic E-state index is 10.1. The zero-order valence-corrected chi connectivity index (χ0v) is 14.6. The number of hydrogen-bond acceptors (Lipinski definition) is 2. The van der Waals surface area contributed by atoms with Crippen molar-refractivity contribution < 1.29 is 9.84 Å². The summed E-state index contributed by atoms with van der Waals surface area (Å²) in [5.41, 5.74) is 2.10. The van der Waals surface area contributed by atoms with Crippen molar-refractivity contribution >= 4 is 0 Å². The minimum Gasteiger partial charge on any atom is -0.509 e. The Morgan fingerprint density at radius 1 is 0.769 bits per heavy atom. The third-order valence-corrected chi connectivity index (χ3v) is 4.27. The minimum absolute atomic E-state index is 0.132. The average Bonchev–Trinajstić information content (AvgIpc) is 2.71. The van der Waals surface area contributed by atoms with Gasteiger partial charge in [-0.1, -0.05) is 97.1 Å². The molecule has 2 nitrogen and oxygen atoms in total. The number of rotatable bonds is 7. The highest BCUT2D eigenvalue weighted by molar-refractivity contribution is 5.47. The van der Waals surface area contributed by atoms with Crippen LogP contribution in [-0.4, -0.2) is 5.11 Å². The van der Waals surface area contributed by atoms with Crippen molar-refractivity contribution in [1.82, 2.24) is 0 Å². The molecule has 3 aromatic carbocycles. The highest BCUT2D eigenvalue weighted by Crippen LogP contribution is 2.40. The summed E-state index contributed by atoms with van der Waals surface area (Å²) in [6.45, 7) is 3.66. The molecule has 0 aromatic heterocycles. The molecule has 0 fully saturated rings. The summed E-state index contributed by atoms with van der Waals surface area (Å²) in [6.07, 6.45) is 3.42. The Balaban J connectivity index is 2.24. The first kappa shape index (κ1) is 17.6. The van der Waals surface area contributed by atoms with Gasteiger partial charge in [0.25, 0.3) is 0 Å². The third kappa shape index (κ3) is 3.55. The molecule has 1 N–H and O–H groups in total. The lowest BCUT2D eigenvalue weighted by atomic mass is 9.80. The van der Waals surface area contributed by atoms with Crippen molar-refractivity contribution in [2.24, 2.45) is 0 Å². The molecular weight excluding hydrogens is 320 g/mol. The second kappa shape index (κ2) is 8.21. The molecule has 0 bridgehead atoms. The SMILES string of the molecule is C=CC/C(O)=C/OC(c1ccccc1)(c1ccccc1)c1ccccc1. The Bertz CT molecular complexity index is 756. The highest BCUT2D eigenvalue weighted by Gasteiger charge is 2.38. The Morgan fingerprint density at radius 2 is 1.15 bits per heavy atom. The van der Waals surface area contributed by atoms with E-state index in [0.717, 1.165) is 16.7 Å². The molecule has 130 valence electrons. The van der Waals surface area contributed by atoms with E-state index in [4.69, 9.17) is 4.74 Å². The summed E-state index contributed by atoms with van der Waals surface area (Å²) in [7, 11) is 0. The predicted molar refractivity (Wildman–Crippen MR) is 106 cm³/mol. The van der Waals surface area contributed by atoms with E-state index in [9.17, 15) is 5.11 Å². The smallest absolute Gasteiger partial charge is 0.183 e. The number of allylic oxidation sites excluding steroid dienone is 1. The van der Waals surface area contributed by atoms with Gasteiger partial charge in [-0.25, -0.2) is 0 Å². The van der Waals surface area contributed by atoms with Crippen molar-refractivity contribution in [3.05, 3.63) is 132 Å². The standard InChI is InChI=1S/C24H22O2/c1-2-12-23(25)19-26-24(20-13-6-3-7-14-20,21-15-8-4-9-16-21)22-17-10-5-11-18-22/h2-11,13-19,25H,1,12H2/b23-19-. The molecule has 0 heterocycles. The molecule has 0 aliphatic rings. The van der Waals surface area contributed by atoms with Crippen LogP contribution in [0.25, 0.3) is 0 Å². The second-order valence-corrected chi connectivity index (χ2v) is 6.00. The Kier molecular flexibility index (Phi) is 5.55. The maximum Gasteiger partial charge on any atom is 0.183 e. The van der Waals surface area contributed by atoms with Gasteiger partial charge in [0.2, 0.25) is 0 Å². The fraction of sp³-hybridized carbons (Fsp3) is 0.0833. The van der Waals surface area contributed by atoms with Crippen molar-refractivity contribution in [2.75, 3.05) is 0 Å². The summed E-state index contributed by atoms with van der Waals surface area (Å²) in [5.74, 6) is 0.132.